The van der Waals surface area contributed by atoms with Gasteiger partial charge >= 0.3 is 0 Å². The van der Waals surface area contributed by atoms with Gasteiger partial charge in [-0.1, -0.05) is 6.07 Å². The SMILES string of the molecule is COc1cccc([C@@H](O)CN)n1. The molecule has 4 heteroatoms. The maximum atomic E-state index is 9.31. The Kier molecular flexibility index (Phi) is 3.01. The Morgan fingerprint density at radius 2 is 2.42 bits per heavy atom. The van der Waals surface area contributed by atoms with Crippen molar-refractivity contribution >= 4 is 0 Å². The second-order valence-electron chi connectivity index (χ2n) is 2.36. The van der Waals surface area contributed by atoms with Crippen LogP contribution < -0.4 is 10.5 Å². The lowest BCUT2D eigenvalue weighted by molar-refractivity contribution is 0.180. The van der Waals surface area contributed by atoms with E-state index in [9.17, 15) is 5.11 Å². The number of ether oxygens (including phenoxy) is 1. The van der Waals surface area contributed by atoms with Gasteiger partial charge < -0.3 is 15.6 Å². The van der Waals surface area contributed by atoms with Gasteiger partial charge in [-0.3, -0.25) is 0 Å². The molecule has 4 nitrogen and oxygen atoms in total. The monoisotopic (exact) mass is 168 g/mol. The van der Waals surface area contributed by atoms with Crippen LogP contribution in [0.4, 0.5) is 0 Å². The number of hydrogen-bond donors (Lipinski definition) is 2. The van der Waals surface area contributed by atoms with Crippen molar-refractivity contribution in [2.75, 3.05) is 13.7 Å². The lowest BCUT2D eigenvalue weighted by atomic mass is 10.2. The molecule has 0 aliphatic carbocycles. The Morgan fingerprint density at radius 1 is 1.67 bits per heavy atom. The van der Waals surface area contributed by atoms with E-state index in [-0.39, 0.29) is 6.54 Å². The van der Waals surface area contributed by atoms with Crippen molar-refractivity contribution in [1.82, 2.24) is 4.98 Å². The second kappa shape index (κ2) is 4.04. The molecular weight excluding hydrogens is 156 g/mol. The van der Waals surface area contributed by atoms with Gasteiger partial charge in [-0.15, -0.1) is 0 Å². The molecule has 1 rings (SSSR count). The molecule has 0 unspecified atom stereocenters. The Hall–Kier alpha value is -1.13. The van der Waals surface area contributed by atoms with Crippen LogP contribution in [0, 0.1) is 0 Å². The number of hydrogen-bond acceptors (Lipinski definition) is 4. The summed E-state index contributed by atoms with van der Waals surface area (Å²) >= 11 is 0. The smallest absolute Gasteiger partial charge is 0.213 e. The summed E-state index contributed by atoms with van der Waals surface area (Å²) < 4.78 is 4.89. The predicted octanol–water partition coefficient (Wildman–Crippen LogP) is 0.0823. The summed E-state index contributed by atoms with van der Waals surface area (Å²) in [6.07, 6.45) is -0.708. The van der Waals surface area contributed by atoms with Gasteiger partial charge in [0.1, 0.15) is 6.10 Å². The molecule has 1 atom stereocenters. The van der Waals surface area contributed by atoms with Crippen molar-refractivity contribution in [3.63, 3.8) is 0 Å². The first-order chi connectivity index (χ1) is 5.77. The van der Waals surface area contributed by atoms with Crippen LogP contribution in [0.15, 0.2) is 18.2 Å². The van der Waals surface area contributed by atoms with E-state index in [1.165, 1.54) is 7.11 Å². The molecular formula is C8H12N2O2. The number of methoxy groups -OCH3 is 1. The molecule has 0 bridgehead atoms. The van der Waals surface area contributed by atoms with E-state index in [1.807, 2.05) is 0 Å². The summed E-state index contributed by atoms with van der Waals surface area (Å²) in [4.78, 5) is 4.01. The van der Waals surface area contributed by atoms with Crippen molar-refractivity contribution in [3.05, 3.63) is 23.9 Å². The summed E-state index contributed by atoms with van der Waals surface area (Å²) in [5.41, 5.74) is 5.80. The zero-order valence-electron chi connectivity index (χ0n) is 6.90. The first-order valence-corrected chi connectivity index (χ1v) is 3.67. The van der Waals surface area contributed by atoms with Gasteiger partial charge in [0, 0.05) is 12.6 Å². The summed E-state index contributed by atoms with van der Waals surface area (Å²) in [7, 11) is 1.53. The minimum atomic E-state index is -0.708. The number of rotatable bonds is 3. The first kappa shape index (κ1) is 8.96. The third-order valence-corrected chi connectivity index (χ3v) is 1.52. The molecule has 1 aromatic rings. The normalized spacial score (nSPS) is 12.6. The molecule has 0 radical (unpaired) electrons. The van der Waals surface area contributed by atoms with E-state index in [0.29, 0.717) is 11.6 Å². The van der Waals surface area contributed by atoms with Crippen LogP contribution in [0.3, 0.4) is 0 Å². The highest BCUT2D eigenvalue weighted by Crippen LogP contribution is 2.12. The average molecular weight is 168 g/mol. The van der Waals surface area contributed by atoms with Crippen LogP contribution in [0.5, 0.6) is 5.88 Å². The highest BCUT2D eigenvalue weighted by Gasteiger charge is 2.06. The largest absolute Gasteiger partial charge is 0.481 e. The molecule has 0 fully saturated rings. The van der Waals surface area contributed by atoms with E-state index in [2.05, 4.69) is 4.98 Å². The van der Waals surface area contributed by atoms with Crippen LogP contribution in [0.1, 0.15) is 11.8 Å². The molecule has 12 heavy (non-hydrogen) atoms. The van der Waals surface area contributed by atoms with E-state index in [0.717, 1.165) is 0 Å². The van der Waals surface area contributed by atoms with Gasteiger partial charge in [0.2, 0.25) is 5.88 Å². The highest BCUT2D eigenvalue weighted by molar-refractivity contribution is 5.17. The van der Waals surface area contributed by atoms with E-state index >= 15 is 0 Å². The third-order valence-electron chi connectivity index (χ3n) is 1.52. The quantitative estimate of drug-likeness (QED) is 0.670. The molecule has 3 N–H and O–H groups in total. The Labute approximate surface area is 71.0 Å². The van der Waals surface area contributed by atoms with Crippen molar-refractivity contribution in [2.45, 2.75) is 6.10 Å². The van der Waals surface area contributed by atoms with Gasteiger partial charge in [-0.05, 0) is 6.07 Å². The van der Waals surface area contributed by atoms with E-state index < -0.39 is 6.10 Å². The minimum absolute atomic E-state index is 0.167. The Morgan fingerprint density at radius 3 is 3.00 bits per heavy atom. The summed E-state index contributed by atoms with van der Waals surface area (Å²) in [5.74, 6) is 0.486. The Bertz CT molecular complexity index is 253. The van der Waals surface area contributed by atoms with E-state index in [1.54, 1.807) is 18.2 Å². The van der Waals surface area contributed by atoms with Crippen LogP contribution in [0.2, 0.25) is 0 Å². The first-order valence-electron chi connectivity index (χ1n) is 3.67. The maximum absolute atomic E-state index is 9.31. The molecule has 0 amide bonds. The molecule has 1 aromatic heterocycles. The predicted molar refractivity (Wildman–Crippen MR) is 44.8 cm³/mol. The molecule has 0 spiro atoms. The van der Waals surface area contributed by atoms with Crippen molar-refractivity contribution in [1.29, 1.82) is 0 Å². The van der Waals surface area contributed by atoms with Gasteiger partial charge in [-0.25, -0.2) is 4.98 Å². The van der Waals surface area contributed by atoms with Crippen LogP contribution in [0.25, 0.3) is 0 Å². The van der Waals surface area contributed by atoms with E-state index in [4.69, 9.17) is 10.5 Å². The minimum Gasteiger partial charge on any atom is -0.481 e. The standard InChI is InChI=1S/C8H12N2O2/c1-12-8-4-2-3-6(10-8)7(11)5-9/h2-4,7,11H,5,9H2,1H3/t7-/m0/s1. The molecule has 1 heterocycles. The number of nitrogens with zero attached hydrogens (tertiary/aromatic N) is 1. The Balaban J connectivity index is 2.86. The summed E-state index contributed by atoms with van der Waals surface area (Å²) in [5, 5.41) is 9.31. The lowest BCUT2D eigenvalue weighted by Gasteiger charge is -2.07. The number of aromatic nitrogens is 1. The molecule has 0 aliphatic heterocycles. The molecule has 66 valence electrons. The van der Waals surface area contributed by atoms with Crippen molar-refractivity contribution in [2.24, 2.45) is 5.73 Å². The van der Waals surface area contributed by atoms with Crippen LogP contribution >= 0.6 is 0 Å². The molecule has 0 aromatic carbocycles. The average Bonchev–Trinajstić information content (AvgIpc) is 2.17. The molecule has 0 saturated heterocycles. The summed E-state index contributed by atoms with van der Waals surface area (Å²) in [6.45, 7) is 0.167. The van der Waals surface area contributed by atoms with Gasteiger partial charge in [0.05, 0.1) is 12.8 Å². The number of pyridine rings is 1. The zero-order chi connectivity index (χ0) is 8.97. The maximum Gasteiger partial charge on any atom is 0.213 e. The van der Waals surface area contributed by atoms with Gasteiger partial charge in [-0.2, -0.15) is 0 Å². The fourth-order valence-corrected chi connectivity index (χ4v) is 0.851. The fraction of sp³-hybridized carbons (Fsp3) is 0.375. The van der Waals surface area contributed by atoms with Crippen molar-refractivity contribution in [3.8, 4) is 5.88 Å². The number of nitrogens with two attached hydrogens (primary N) is 1. The third kappa shape index (κ3) is 1.93. The van der Waals surface area contributed by atoms with Gasteiger partial charge in [0.15, 0.2) is 0 Å². The number of aliphatic hydroxyl groups is 1. The zero-order valence-corrected chi connectivity index (χ0v) is 6.90. The van der Waals surface area contributed by atoms with Crippen molar-refractivity contribution < 1.29 is 9.84 Å². The second-order valence-corrected chi connectivity index (χ2v) is 2.36. The topological polar surface area (TPSA) is 68.4 Å². The molecule has 0 saturated carbocycles. The van der Waals surface area contributed by atoms with Crippen LogP contribution in [-0.2, 0) is 0 Å². The number of aliphatic hydroxyl groups excluding tert-OH is 1. The summed E-state index contributed by atoms with van der Waals surface area (Å²) in [6, 6.07) is 5.19. The van der Waals surface area contributed by atoms with Gasteiger partial charge in [0.25, 0.3) is 0 Å². The highest BCUT2D eigenvalue weighted by atomic mass is 16.5. The lowest BCUT2D eigenvalue weighted by Crippen LogP contribution is -2.12. The van der Waals surface area contributed by atoms with Crippen LogP contribution in [-0.4, -0.2) is 23.7 Å². The fourth-order valence-electron chi connectivity index (χ4n) is 0.851. The molecule has 0 aliphatic rings.